The molecule has 1 unspecified atom stereocenters. The lowest BCUT2D eigenvalue weighted by Gasteiger charge is -2.25. The van der Waals surface area contributed by atoms with E-state index < -0.39 is 0 Å². The van der Waals surface area contributed by atoms with Gasteiger partial charge in [-0.15, -0.1) is 0 Å². The lowest BCUT2D eigenvalue weighted by Crippen LogP contribution is -2.43. The lowest BCUT2D eigenvalue weighted by molar-refractivity contribution is 0.241. The van der Waals surface area contributed by atoms with Crippen molar-refractivity contribution in [1.82, 2.24) is 15.5 Å². The number of hydrogen-bond acceptors (Lipinski definition) is 3. The molecule has 1 fully saturated rings. The Balaban J connectivity index is 1.98. The number of rotatable bonds is 7. The molecule has 0 bridgehead atoms. The first kappa shape index (κ1) is 13.9. The Bertz CT molecular complexity index is 194. The highest BCUT2D eigenvalue weighted by atomic mass is 15.2. The predicted molar refractivity (Wildman–Crippen MR) is 70.9 cm³/mol. The summed E-state index contributed by atoms with van der Waals surface area (Å²) in [7, 11) is 2.25. The smallest absolute Gasteiger partial charge is 0.0192 e. The van der Waals surface area contributed by atoms with Crippen molar-refractivity contribution in [3.05, 3.63) is 0 Å². The van der Waals surface area contributed by atoms with Gasteiger partial charge in [0.2, 0.25) is 0 Å². The van der Waals surface area contributed by atoms with Crippen molar-refractivity contribution in [2.45, 2.75) is 58.2 Å². The van der Waals surface area contributed by atoms with Crippen LogP contribution in [0.15, 0.2) is 0 Å². The summed E-state index contributed by atoms with van der Waals surface area (Å²) in [6.45, 7) is 12.1. The van der Waals surface area contributed by atoms with Gasteiger partial charge < -0.3 is 10.6 Å². The first-order chi connectivity index (χ1) is 7.40. The minimum absolute atomic E-state index is 0.234. The van der Waals surface area contributed by atoms with Crippen molar-refractivity contribution in [2.75, 3.05) is 26.7 Å². The fourth-order valence-electron chi connectivity index (χ4n) is 1.82. The van der Waals surface area contributed by atoms with E-state index in [1.165, 1.54) is 12.8 Å². The quantitative estimate of drug-likeness (QED) is 0.645. The van der Waals surface area contributed by atoms with E-state index in [-0.39, 0.29) is 5.54 Å². The van der Waals surface area contributed by atoms with Gasteiger partial charge in [-0.05, 0) is 47.6 Å². The van der Waals surface area contributed by atoms with Gasteiger partial charge in [-0.2, -0.15) is 0 Å². The van der Waals surface area contributed by atoms with Gasteiger partial charge in [0.05, 0.1) is 0 Å². The second kappa shape index (κ2) is 5.99. The second-order valence-electron chi connectivity index (χ2n) is 6.13. The van der Waals surface area contributed by atoms with Crippen LogP contribution in [0.1, 0.15) is 40.5 Å². The predicted octanol–water partition coefficient (Wildman–Crippen LogP) is 1.45. The average Bonchev–Trinajstić information content (AvgIpc) is 2.97. The largest absolute Gasteiger partial charge is 0.314 e. The van der Waals surface area contributed by atoms with Gasteiger partial charge in [0.15, 0.2) is 0 Å². The molecule has 0 aromatic heterocycles. The molecule has 0 radical (unpaired) electrons. The number of nitrogens with one attached hydrogen (secondary N) is 2. The van der Waals surface area contributed by atoms with Crippen molar-refractivity contribution in [3.63, 3.8) is 0 Å². The zero-order valence-electron chi connectivity index (χ0n) is 11.6. The maximum absolute atomic E-state index is 3.52. The summed E-state index contributed by atoms with van der Waals surface area (Å²) in [5.41, 5.74) is 0.234. The highest BCUT2D eigenvalue weighted by Gasteiger charge is 2.28. The Labute approximate surface area is 101 Å². The van der Waals surface area contributed by atoms with E-state index in [2.05, 4.69) is 50.3 Å². The van der Waals surface area contributed by atoms with Crippen molar-refractivity contribution in [1.29, 1.82) is 0 Å². The first-order valence-electron chi connectivity index (χ1n) is 6.58. The van der Waals surface area contributed by atoms with Gasteiger partial charge in [-0.3, -0.25) is 4.90 Å². The van der Waals surface area contributed by atoms with E-state index in [1.807, 2.05) is 0 Å². The molecule has 0 amide bonds. The van der Waals surface area contributed by atoms with Crippen molar-refractivity contribution in [3.8, 4) is 0 Å². The van der Waals surface area contributed by atoms with Crippen LogP contribution in [0.2, 0.25) is 0 Å². The summed E-state index contributed by atoms with van der Waals surface area (Å²) in [6, 6.07) is 1.52. The molecule has 1 aliphatic rings. The Morgan fingerprint density at radius 3 is 2.38 bits per heavy atom. The van der Waals surface area contributed by atoms with Gasteiger partial charge in [0.1, 0.15) is 0 Å². The molecule has 16 heavy (non-hydrogen) atoms. The highest BCUT2D eigenvalue weighted by molar-refractivity contribution is 4.85. The van der Waals surface area contributed by atoms with E-state index in [0.29, 0.717) is 6.04 Å². The van der Waals surface area contributed by atoms with Gasteiger partial charge in [-0.25, -0.2) is 0 Å². The summed E-state index contributed by atoms with van der Waals surface area (Å²) >= 11 is 0. The summed E-state index contributed by atoms with van der Waals surface area (Å²) < 4.78 is 0. The summed E-state index contributed by atoms with van der Waals surface area (Å²) in [5, 5.41) is 7.00. The molecule has 1 rings (SSSR count). The van der Waals surface area contributed by atoms with Crippen LogP contribution in [0.5, 0.6) is 0 Å². The van der Waals surface area contributed by atoms with E-state index >= 15 is 0 Å². The third kappa shape index (κ3) is 5.83. The monoisotopic (exact) mass is 227 g/mol. The zero-order valence-corrected chi connectivity index (χ0v) is 11.6. The van der Waals surface area contributed by atoms with Crippen LogP contribution in [-0.4, -0.2) is 49.2 Å². The third-order valence-corrected chi connectivity index (χ3v) is 3.21. The van der Waals surface area contributed by atoms with Crippen LogP contribution < -0.4 is 10.6 Å². The summed E-state index contributed by atoms with van der Waals surface area (Å²) in [4.78, 5) is 2.50. The van der Waals surface area contributed by atoms with Gasteiger partial charge >= 0.3 is 0 Å². The van der Waals surface area contributed by atoms with Crippen molar-refractivity contribution >= 4 is 0 Å². The molecular weight excluding hydrogens is 198 g/mol. The third-order valence-electron chi connectivity index (χ3n) is 3.21. The van der Waals surface area contributed by atoms with Gasteiger partial charge in [-0.1, -0.05) is 0 Å². The Hall–Kier alpha value is -0.120. The zero-order chi connectivity index (χ0) is 12.2. The standard InChI is InChI=1S/C13H29N3/c1-11(16(5)12-6-7-12)10-14-8-9-15-13(2,3)4/h11-12,14-15H,6-10H2,1-5H3. The fraction of sp³-hybridized carbons (Fsp3) is 1.00. The molecule has 3 nitrogen and oxygen atoms in total. The molecule has 2 N–H and O–H groups in total. The molecule has 0 spiro atoms. The van der Waals surface area contributed by atoms with Crippen LogP contribution in [0.3, 0.4) is 0 Å². The van der Waals surface area contributed by atoms with Gasteiger partial charge in [0, 0.05) is 37.3 Å². The molecule has 0 aromatic carbocycles. The molecule has 1 saturated carbocycles. The molecule has 3 heteroatoms. The normalized spacial score (nSPS) is 19.1. The number of likely N-dealkylation sites (N-methyl/N-ethyl adjacent to an activating group) is 1. The van der Waals surface area contributed by atoms with Crippen LogP contribution in [-0.2, 0) is 0 Å². The van der Waals surface area contributed by atoms with E-state index in [4.69, 9.17) is 0 Å². The SMILES string of the molecule is CC(CNCCNC(C)(C)C)N(C)C1CC1. The molecule has 96 valence electrons. The molecule has 0 heterocycles. The van der Waals surface area contributed by atoms with Crippen LogP contribution in [0, 0.1) is 0 Å². The van der Waals surface area contributed by atoms with Crippen LogP contribution >= 0.6 is 0 Å². The van der Waals surface area contributed by atoms with Crippen LogP contribution in [0.25, 0.3) is 0 Å². The van der Waals surface area contributed by atoms with Crippen molar-refractivity contribution in [2.24, 2.45) is 0 Å². The summed E-state index contributed by atoms with van der Waals surface area (Å²) in [6.07, 6.45) is 2.79. The van der Waals surface area contributed by atoms with E-state index in [0.717, 1.165) is 25.7 Å². The maximum atomic E-state index is 3.52. The second-order valence-corrected chi connectivity index (χ2v) is 6.13. The Morgan fingerprint density at radius 1 is 1.25 bits per heavy atom. The van der Waals surface area contributed by atoms with E-state index in [1.54, 1.807) is 0 Å². The molecule has 0 aromatic rings. The van der Waals surface area contributed by atoms with Crippen molar-refractivity contribution < 1.29 is 0 Å². The van der Waals surface area contributed by atoms with Crippen LogP contribution in [0.4, 0.5) is 0 Å². The molecule has 0 aliphatic heterocycles. The Morgan fingerprint density at radius 2 is 1.88 bits per heavy atom. The molecule has 1 atom stereocenters. The Kier molecular flexibility index (Phi) is 5.22. The molecular formula is C13H29N3. The maximum Gasteiger partial charge on any atom is 0.0192 e. The summed E-state index contributed by atoms with van der Waals surface area (Å²) in [5.74, 6) is 0. The molecule has 1 aliphatic carbocycles. The topological polar surface area (TPSA) is 27.3 Å². The first-order valence-corrected chi connectivity index (χ1v) is 6.58. The average molecular weight is 227 g/mol. The number of hydrogen-bond donors (Lipinski definition) is 2. The lowest BCUT2D eigenvalue weighted by atomic mass is 10.1. The fourth-order valence-corrected chi connectivity index (χ4v) is 1.82. The minimum Gasteiger partial charge on any atom is -0.314 e. The number of nitrogens with zero attached hydrogens (tertiary/aromatic N) is 1. The van der Waals surface area contributed by atoms with E-state index in [9.17, 15) is 0 Å². The van der Waals surface area contributed by atoms with Gasteiger partial charge in [0.25, 0.3) is 0 Å². The highest BCUT2D eigenvalue weighted by Crippen LogP contribution is 2.26. The minimum atomic E-state index is 0.234. The molecule has 0 saturated heterocycles.